The fraction of sp³-hybridized carbons (Fsp3) is 0.278. The van der Waals surface area contributed by atoms with Crippen LogP contribution >= 0.6 is 0 Å². The highest BCUT2D eigenvalue weighted by Gasteiger charge is 2.24. The predicted octanol–water partition coefficient (Wildman–Crippen LogP) is 2.74. The number of benzene rings is 2. The number of fused-ring (bicyclic) bond motifs is 1. The van der Waals surface area contributed by atoms with E-state index < -0.39 is 0 Å². The van der Waals surface area contributed by atoms with Crippen molar-refractivity contribution in [3.8, 4) is 11.5 Å². The number of hydrogen-bond donors (Lipinski definition) is 1. The Bertz CT molecular complexity index is 696. The fourth-order valence-electron chi connectivity index (χ4n) is 2.67. The van der Waals surface area contributed by atoms with Crippen molar-refractivity contribution in [2.45, 2.75) is 19.4 Å². The molecule has 1 atom stereocenters. The molecule has 0 saturated heterocycles. The van der Waals surface area contributed by atoms with Crippen molar-refractivity contribution in [2.24, 2.45) is 0 Å². The van der Waals surface area contributed by atoms with Crippen LogP contribution in [-0.2, 0) is 6.42 Å². The molecule has 0 saturated carbocycles. The molecule has 0 aromatic heterocycles. The van der Waals surface area contributed by atoms with Crippen LogP contribution in [0.4, 0.5) is 0 Å². The summed E-state index contributed by atoms with van der Waals surface area (Å²) in [6, 6.07) is 13.3. The summed E-state index contributed by atoms with van der Waals surface area (Å²) in [5, 5.41) is 2.95. The molecule has 2 aromatic rings. The molecular formula is C18H19NO3. The first-order valence-electron chi connectivity index (χ1n) is 7.35. The molecular weight excluding hydrogens is 278 g/mol. The zero-order valence-electron chi connectivity index (χ0n) is 12.8. The van der Waals surface area contributed by atoms with E-state index >= 15 is 0 Å². The van der Waals surface area contributed by atoms with Crippen molar-refractivity contribution < 1.29 is 14.3 Å². The summed E-state index contributed by atoms with van der Waals surface area (Å²) in [5.41, 5.74) is 2.80. The van der Waals surface area contributed by atoms with Crippen molar-refractivity contribution in [3.05, 3.63) is 59.2 Å². The van der Waals surface area contributed by atoms with Crippen LogP contribution in [0.2, 0.25) is 0 Å². The third-order valence-corrected chi connectivity index (χ3v) is 3.89. The van der Waals surface area contributed by atoms with Crippen LogP contribution in [0.3, 0.4) is 0 Å². The van der Waals surface area contributed by atoms with E-state index in [2.05, 4.69) is 5.32 Å². The normalized spacial score (nSPS) is 15.8. The van der Waals surface area contributed by atoms with Crippen molar-refractivity contribution >= 4 is 5.91 Å². The van der Waals surface area contributed by atoms with Crippen LogP contribution in [0, 0.1) is 6.92 Å². The lowest BCUT2D eigenvalue weighted by Crippen LogP contribution is -2.34. The second kappa shape index (κ2) is 6.10. The summed E-state index contributed by atoms with van der Waals surface area (Å²) in [6.07, 6.45) is 0.746. The van der Waals surface area contributed by atoms with Gasteiger partial charge in [-0.2, -0.15) is 0 Å². The third-order valence-electron chi connectivity index (χ3n) is 3.89. The zero-order chi connectivity index (χ0) is 15.5. The minimum absolute atomic E-state index is 0.0323. The minimum Gasteiger partial charge on any atom is -0.497 e. The van der Waals surface area contributed by atoms with Gasteiger partial charge in [0.25, 0.3) is 5.91 Å². The maximum atomic E-state index is 12.2. The second-order valence-corrected chi connectivity index (χ2v) is 5.44. The largest absolute Gasteiger partial charge is 0.497 e. The van der Waals surface area contributed by atoms with E-state index in [0.29, 0.717) is 12.1 Å². The first-order valence-corrected chi connectivity index (χ1v) is 7.35. The van der Waals surface area contributed by atoms with Gasteiger partial charge >= 0.3 is 0 Å². The third kappa shape index (κ3) is 2.91. The number of nitrogens with one attached hydrogen (secondary N) is 1. The number of amides is 1. The lowest BCUT2D eigenvalue weighted by Gasteiger charge is -2.12. The second-order valence-electron chi connectivity index (χ2n) is 5.44. The van der Waals surface area contributed by atoms with Gasteiger partial charge in [0, 0.05) is 17.5 Å². The molecule has 2 aromatic carbocycles. The maximum Gasteiger partial charge on any atom is 0.251 e. The Morgan fingerprint density at radius 3 is 2.91 bits per heavy atom. The Morgan fingerprint density at radius 1 is 1.32 bits per heavy atom. The lowest BCUT2D eigenvalue weighted by molar-refractivity contribution is 0.0933. The van der Waals surface area contributed by atoms with Crippen LogP contribution in [0.1, 0.15) is 21.5 Å². The van der Waals surface area contributed by atoms with Crippen LogP contribution in [0.25, 0.3) is 0 Å². The lowest BCUT2D eigenvalue weighted by atomic mass is 10.1. The van der Waals surface area contributed by atoms with Crippen molar-refractivity contribution in [3.63, 3.8) is 0 Å². The standard InChI is InChI=1S/C18H19NO3/c1-12-5-3-4-6-16(12)18(20)19-11-15-10-13-9-14(21-2)7-8-17(13)22-15/h3-9,15H,10-11H2,1-2H3,(H,19,20). The average molecular weight is 297 g/mol. The number of methoxy groups -OCH3 is 1. The number of ether oxygens (including phenoxy) is 2. The summed E-state index contributed by atoms with van der Waals surface area (Å²) < 4.78 is 11.1. The highest BCUT2D eigenvalue weighted by atomic mass is 16.5. The van der Waals surface area contributed by atoms with E-state index in [9.17, 15) is 4.79 Å². The number of carbonyl (C=O) groups is 1. The minimum atomic E-state index is -0.0600. The van der Waals surface area contributed by atoms with Crippen molar-refractivity contribution in [1.82, 2.24) is 5.32 Å². The summed E-state index contributed by atoms with van der Waals surface area (Å²) >= 11 is 0. The first kappa shape index (κ1) is 14.4. The van der Waals surface area contributed by atoms with Gasteiger partial charge in [0.1, 0.15) is 17.6 Å². The van der Waals surface area contributed by atoms with Gasteiger partial charge in [-0.05, 0) is 36.8 Å². The van der Waals surface area contributed by atoms with Crippen LogP contribution in [0.15, 0.2) is 42.5 Å². The Kier molecular flexibility index (Phi) is 4.00. The maximum absolute atomic E-state index is 12.2. The quantitative estimate of drug-likeness (QED) is 0.944. The monoisotopic (exact) mass is 297 g/mol. The van der Waals surface area contributed by atoms with E-state index in [-0.39, 0.29) is 12.0 Å². The van der Waals surface area contributed by atoms with Gasteiger partial charge in [0.2, 0.25) is 0 Å². The van der Waals surface area contributed by atoms with Crippen molar-refractivity contribution in [1.29, 1.82) is 0 Å². The Labute approximate surface area is 130 Å². The van der Waals surface area contributed by atoms with Gasteiger partial charge in [0.05, 0.1) is 13.7 Å². The molecule has 1 aliphatic heterocycles. The Morgan fingerprint density at radius 2 is 2.14 bits per heavy atom. The molecule has 4 nitrogen and oxygen atoms in total. The van der Waals surface area contributed by atoms with E-state index in [1.54, 1.807) is 7.11 Å². The molecule has 4 heteroatoms. The fourth-order valence-corrected chi connectivity index (χ4v) is 2.67. The SMILES string of the molecule is COc1ccc2c(c1)CC(CNC(=O)c1ccccc1C)O2. The summed E-state index contributed by atoms with van der Waals surface area (Å²) in [6.45, 7) is 2.42. The molecule has 1 aliphatic rings. The van der Waals surface area contributed by atoms with Crippen LogP contribution < -0.4 is 14.8 Å². The molecule has 0 aliphatic carbocycles. The van der Waals surface area contributed by atoms with Crippen molar-refractivity contribution in [2.75, 3.05) is 13.7 Å². The van der Waals surface area contributed by atoms with E-state index in [1.165, 1.54) is 0 Å². The Hall–Kier alpha value is -2.49. The molecule has 0 spiro atoms. The van der Waals surface area contributed by atoms with Gasteiger partial charge in [-0.3, -0.25) is 4.79 Å². The summed E-state index contributed by atoms with van der Waals surface area (Å²) in [4.78, 5) is 12.2. The van der Waals surface area contributed by atoms with Gasteiger partial charge in [0.15, 0.2) is 0 Å². The van der Waals surface area contributed by atoms with Gasteiger partial charge in [-0.25, -0.2) is 0 Å². The van der Waals surface area contributed by atoms with Crippen LogP contribution in [-0.4, -0.2) is 25.7 Å². The molecule has 1 N–H and O–H groups in total. The molecule has 0 radical (unpaired) electrons. The highest BCUT2D eigenvalue weighted by Crippen LogP contribution is 2.31. The van der Waals surface area contributed by atoms with E-state index in [1.807, 2.05) is 49.4 Å². The topological polar surface area (TPSA) is 47.6 Å². The molecule has 22 heavy (non-hydrogen) atoms. The molecule has 0 fully saturated rings. The zero-order valence-corrected chi connectivity index (χ0v) is 12.8. The number of hydrogen-bond acceptors (Lipinski definition) is 3. The summed E-state index contributed by atoms with van der Waals surface area (Å²) in [5.74, 6) is 1.64. The van der Waals surface area contributed by atoms with Crippen LogP contribution in [0.5, 0.6) is 11.5 Å². The molecule has 1 unspecified atom stereocenters. The number of carbonyl (C=O) groups excluding carboxylic acids is 1. The number of rotatable bonds is 4. The first-order chi connectivity index (χ1) is 10.7. The average Bonchev–Trinajstić information content (AvgIpc) is 2.94. The molecule has 1 heterocycles. The van der Waals surface area contributed by atoms with E-state index in [4.69, 9.17) is 9.47 Å². The number of aryl methyl sites for hydroxylation is 1. The smallest absolute Gasteiger partial charge is 0.251 e. The van der Waals surface area contributed by atoms with Gasteiger partial charge in [-0.1, -0.05) is 18.2 Å². The molecule has 1 amide bonds. The predicted molar refractivity (Wildman–Crippen MR) is 84.6 cm³/mol. The van der Waals surface area contributed by atoms with Gasteiger partial charge in [-0.15, -0.1) is 0 Å². The molecule has 0 bridgehead atoms. The Balaban J connectivity index is 1.60. The van der Waals surface area contributed by atoms with Gasteiger partial charge < -0.3 is 14.8 Å². The van der Waals surface area contributed by atoms with E-state index in [0.717, 1.165) is 29.0 Å². The molecule has 3 rings (SSSR count). The summed E-state index contributed by atoms with van der Waals surface area (Å²) in [7, 11) is 1.65. The molecule has 114 valence electrons. The highest BCUT2D eigenvalue weighted by molar-refractivity contribution is 5.95.